The number of ketones is 1. The summed E-state index contributed by atoms with van der Waals surface area (Å²) in [6.45, 7) is 9.94. The van der Waals surface area contributed by atoms with Gasteiger partial charge in [0.25, 0.3) is 0 Å². The number of carbonyl (C=O) groups excluding carboxylic acids is 1. The average molecular weight is 613 g/mol. The van der Waals surface area contributed by atoms with Gasteiger partial charge >= 0.3 is 0 Å². The number of aromatic nitrogens is 1. The Morgan fingerprint density at radius 3 is 2.34 bits per heavy atom. The van der Waals surface area contributed by atoms with E-state index in [2.05, 4.69) is 11.1 Å². The number of nitrogens with zero attached hydrogens (tertiary/aromatic N) is 1. The van der Waals surface area contributed by atoms with Crippen LogP contribution in [-0.4, -0.2) is 15.9 Å². The summed E-state index contributed by atoms with van der Waals surface area (Å²) in [4.78, 5) is 15.8. The predicted molar refractivity (Wildman–Crippen MR) is 125 cm³/mol. The first-order valence-corrected chi connectivity index (χ1v) is 10.6. The minimum Gasteiger partial charge on any atom is -0.512 e. The molecule has 0 aliphatic carbocycles. The summed E-state index contributed by atoms with van der Waals surface area (Å²) < 4.78 is 13.3. The van der Waals surface area contributed by atoms with Crippen molar-refractivity contribution in [1.29, 1.82) is 0 Å². The van der Waals surface area contributed by atoms with Crippen LogP contribution in [0, 0.1) is 30.6 Å². The molecular formula is C27H31FIrNO2-. The Kier molecular flexibility index (Phi) is 11.5. The van der Waals surface area contributed by atoms with Gasteiger partial charge in [-0.05, 0) is 29.0 Å². The molecule has 0 unspecified atom stereocenters. The van der Waals surface area contributed by atoms with E-state index in [0.717, 1.165) is 27.7 Å². The van der Waals surface area contributed by atoms with Crippen LogP contribution in [-0.2, 0) is 24.9 Å². The molecule has 0 aliphatic rings. The van der Waals surface area contributed by atoms with Crippen LogP contribution in [0.3, 0.4) is 0 Å². The summed E-state index contributed by atoms with van der Waals surface area (Å²) in [7, 11) is 0. The summed E-state index contributed by atoms with van der Waals surface area (Å²) >= 11 is 0. The molecule has 0 fully saturated rings. The monoisotopic (exact) mass is 613 g/mol. The van der Waals surface area contributed by atoms with E-state index in [-0.39, 0.29) is 37.5 Å². The van der Waals surface area contributed by atoms with E-state index in [9.17, 15) is 14.3 Å². The fourth-order valence-electron chi connectivity index (χ4n) is 3.14. The smallest absolute Gasteiger partial charge is 0.159 e. The zero-order valence-electron chi connectivity index (χ0n) is 19.3. The van der Waals surface area contributed by atoms with E-state index < -0.39 is 0 Å². The fourth-order valence-corrected chi connectivity index (χ4v) is 3.14. The molecule has 0 bridgehead atoms. The van der Waals surface area contributed by atoms with Crippen LogP contribution in [0.2, 0.25) is 0 Å². The molecule has 32 heavy (non-hydrogen) atoms. The second kappa shape index (κ2) is 13.2. The quantitative estimate of drug-likeness (QED) is 0.182. The van der Waals surface area contributed by atoms with Crippen molar-refractivity contribution in [1.82, 2.24) is 4.98 Å². The van der Waals surface area contributed by atoms with Gasteiger partial charge in [0.05, 0.1) is 11.3 Å². The number of halogens is 1. The number of rotatable bonds is 6. The van der Waals surface area contributed by atoms with Crippen LogP contribution in [0.25, 0.3) is 22.2 Å². The maximum absolute atomic E-state index is 13.3. The average Bonchev–Trinajstić information content (AvgIpc) is 2.68. The van der Waals surface area contributed by atoms with Crippen molar-refractivity contribution >= 4 is 16.7 Å². The van der Waals surface area contributed by atoms with Gasteiger partial charge in [-0.15, -0.1) is 29.3 Å². The van der Waals surface area contributed by atoms with Crippen LogP contribution >= 0.6 is 0 Å². The van der Waals surface area contributed by atoms with Crippen molar-refractivity contribution in [3.63, 3.8) is 0 Å². The summed E-state index contributed by atoms with van der Waals surface area (Å²) in [5.74, 6) is 0.623. The molecule has 5 heteroatoms. The Bertz CT molecular complexity index is 1060. The van der Waals surface area contributed by atoms with Gasteiger partial charge in [-0.2, -0.15) is 0 Å². The molecule has 1 N–H and O–H groups in total. The van der Waals surface area contributed by atoms with Crippen molar-refractivity contribution in [3.8, 4) is 11.3 Å². The van der Waals surface area contributed by atoms with Crippen LogP contribution in [0.4, 0.5) is 4.39 Å². The predicted octanol–water partition coefficient (Wildman–Crippen LogP) is 7.24. The summed E-state index contributed by atoms with van der Waals surface area (Å²) in [5.41, 5.74) is 3.36. The third kappa shape index (κ3) is 9.02. The van der Waals surface area contributed by atoms with Gasteiger partial charge in [-0.25, -0.2) is 4.39 Å². The van der Waals surface area contributed by atoms with Gasteiger partial charge < -0.3 is 5.11 Å². The molecule has 3 aromatic rings. The number of hydrogen-bond acceptors (Lipinski definition) is 3. The fraction of sp³-hybridized carbons (Fsp3) is 0.333. The van der Waals surface area contributed by atoms with E-state index in [0.29, 0.717) is 24.7 Å². The van der Waals surface area contributed by atoms with Crippen molar-refractivity contribution < 1.29 is 34.4 Å². The van der Waals surface area contributed by atoms with Crippen molar-refractivity contribution in [2.75, 3.05) is 0 Å². The standard InChI is InChI=1S/C16H11FN.C11H20O2.Ir/c1-11-6-8-13(17)10-14(11)16-9-7-12-4-2-3-5-15(12)18-16;1-8(2)5-10(12)7-11(13)6-9(3)4;/h2-9H,1H3;7-9,12H,5-6H2,1-4H3;/q-1;;/b;10-7-;. The van der Waals surface area contributed by atoms with Gasteiger partial charge in [0.15, 0.2) is 5.78 Å². The number of aliphatic hydroxyl groups is 1. The Labute approximate surface area is 204 Å². The van der Waals surface area contributed by atoms with Crippen molar-refractivity contribution in [2.24, 2.45) is 11.8 Å². The van der Waals surface area contributed by atoms with E-state index in [1.807, 2.05) is 71.0 Å². The minimum absolute atomic E-state index is 0. The summed E-state index contributed by atoms with van der Waals surface area (Å²) in [6, 6.07) is 17.7. The van der Waals surface area contributed by atoms with Gasteiger partial charge in [-0.3, -0.25) is 9.78 Å². The molecule has 1 radical (unpaired) electrons. The Balaban J connectivity index is 0.000000330. The number of aryl methyl sites for hydroxylation is 1. The number of pyridine rings is 1. The SMILES string of the molecule is CC(C)CC(=O)/C=C(\O)CC(C)C.Cc1ccc(F)[c-]c1-c1ccc2ccccc2n1.[Ir]. The molecule has 2 aromatic carbocycles. The normalized spacial score (nSPS) is 11.2. The maximum Gasteiger partial charge on any atom is 0.159 e. The third-order valence-corrected chi connectivity index (χ3v) is 4.53. The zero-order chi connectivity index (χ0) is 23.0. The molecule has 1 aromatic heterocycles. The Morgan fingerprint density at radius 1 is 1.03 bits per heavy atom. The van der Waals surface area contributed by atoms with Gasteiger partial charge in [0, 0.05) is 44.8 Å². The molecular weight excluding hydrogens is 582 g/mol. The molecule has 0 amide bonds. The minimum atomic E-state index is -0.356. The van der Waals surface area contributed by atoms with Crippen molar-refractivity contribution in [2.45, 2.75) is 47.5 Å². The first-order chi connectivity index (χ1) is 14.7. The van der Waals surface area contributed by atoms with Crippen LogP contribution < -0.4 is 0 Å². The number of benzene rings is 2. The number of carbonyl (C=O) groups is 1. The third-order valence-electron chi connectivity index (χ3n) is 4.53. The second-order valence-corrected chi connectivity index (χ2v) is 8.55. The van der Waals surface area contributed by atoms with E-state index in [4.69, 9.17) is 0 Å². The molecule has 1 heterocycles. The van der Waals surface area contributed by atoms with Gasteiger partial charge in [-0.1, -0.05) is 65.0 Å². The van der Waals surface area contributed by atoms with Gasteiger partial charge in [0.2, 0.25) is 0 Å². The molecule has 0 saturated carbocycles. The van der Waals surface area contributed by atoms with Gasteiger partial charge in [0.1, 0.15) is 0 Å². The number of allylic oxidation sites excluding steroid dienone is 2. The molecule has 3 rings (SSSR count). The number of fused-ring (bicyclic) bond motifs is 1. The van der Waals surface area contributed by atoms with Crippen LogP contribution in [0.1, 0.15) is 46.1 Å². The number of aliphatic hydroxyl groups excluding tert-OH is 1. The maximum atomic E-state index is 13.3. The van der Waals surface area contributed by atoms with Crippen LogP contribution in [0.15, 0.2) is 60.4 Å². The molecule has 0 saturated heterocycles. The first-order valence-electron chi connectivity index (χ1n) is 10.6. The second-order valence-electron chi connectivity index (χ2n) is 8.55. The summed E-state index contributed by atoms with van der Waals surface area (Å²) in [6.07, 6.45) is 2.46. The van der Waals surface area contributed by atoms with Crippen LogP contribution in [0.5, 0.6) is 0 Å². The molecule has 0 spiro atoms. The summed E-state index contributed by atoms with van der Waals surface area (Å²) in [5, 5.41) is 10.4. The number of para-hydroxylation sites is 1. The molecule has 3 nitrogen and oxygen atoms in total. The molecule has 173 valence electrons. The first kappa shape index (κ1) is 27.7. The topological polar surface area (TPSA) is 50.2 Å². The van der Waals surface area contributed by atoms with E-state index >= 15 is 0 Å². The molecule has 0 aliphatic heterocycles. The largest absolute Gasteiger partial charge is 0.512 e. The van der Waals surface area contributed by atoms with E-state index in [1.165, 1.54) is 12.1 Å². The zero-order valence-corrected chi connectivity index (χ0v) is 21.7. The molecule has 0 atom stereocenters. The van der Waals surface area contributed by atoms with E-state index in [1.54, 1.807) is 6.07 Å². The number of hydrogen-bond donors (Lipinski definition) is 1. The Morgan fingerprint density at radius 2 is 1.69 bits per heavy atom. The Hall–Kier alpha value is -2.36. The van der Waals surface area contributed by atoms with Crippen molar-refractivity contribution in [3.05, 3.63) is 77.8 Å².